The number of carbonyl (C=O) groups excluding carboxylic acids is 3. The van der Waals surface area contributed by atoms with E-state index in [2.05, 4.69) is 81.5 Å². The Kier molecular flexibility index (Phi) is 66.1. The lowest BCUT2D eigenvalue weighted by Gasteiger charge is -2.18. The summed E-state index contributed by atoms with van der Waals surface area (Å²) >= 11 is 0. The van der Waals surface area contributed by atoms with E-state index in [1.54, 1.807) is 0 Å². The third kappa shape index (κ3) is 65.9. The second kappa shape index (κ2) is 68.6. The van der Waals surface area contributed by atoms with Crippen LogP contribution in [0.4, 0.5) is 0 Å². The normalized spacial score (nSPS) is 12.4. The Morgan fingerprint density at radius 1 is 0.250 bits per heavy atom. The zero-order valence-corrected chi connectivity index (χ0v) is 53.6. The molecule has 1 unspecified atom stereocenters. The number of hydrogen-bond acceptors (Lipinski definition) is 6. The van der Waals surface area contributed by atoms with Gasteiger partial charge >= 0.3 is 17.9 Å². The lowest BCUT2D eigenvalue weighted by Crippen LogP contribution is -2.30. The van der Waals surface area contributed by atoms with Crippen molar-refractivity contribution in [3.8, 4) is 0 Å². The Morgan fingerprint density at radius 3 is 0.750 bits per heavy atom. The lowest BCUT2D eigenvalue weighted by molar-refractivity contribution is -0.167. The van der Waals surface area contributed by atoms with Crippen LogP contribution in [0.5, 0.6) is 0 Å². The van der Waals surface area contributed by atoms with Crippen LogP contribution in [0.15, 0.2) is 60.8 Å². The molecule has 0 amide bonds. The summed E-state index contributed by atoms with van der Waals surface area (Å²) in [6, 6.07) is 0. The molecule has 0 bridgehead atoms. The number of esters is 3. The van der Waals surface area contributed by atoms with E-state index in [1.165, 1.54) is 231 Å². The zero-order chi connectivity index (χ0) is 57.8. The van der Waals surface area contributed by atoms with Crippen LogP contribution in [-0.2, 0) is 28.6 Å². The molecule has 0 aromatic heterocycles. The summed E-state index contributed by atoms with van der Waals surface area (Å²) in [5.41, 5.74) is 0. The highest BCUT2D eigenvalue weighted by molar-refractivity contribution is 5.71. The van der Waals surface area contributed by atoms with E-state index in [-0.39, 0.29) is 31.1 Å². The van der Waals surface area contributed by atoms with Crippen molar-refractivity contribution in [2.24, 2.45) is 0 Å². The molecule has 466 valence electrons. The molecule has 0 aliphatic heterocycles. The van der Waals surface area contributed by atoms with Gasteiger partial charge < -0.3 is 14.2 Å². The van der Waals surface area contributed by atoms with Crippen molar-refractivity contribution >= 4 is 17.9 Å². The fourth-order valence-corrected chi connectivity index (χ4v) is 10.4. The van der Waals surface area contributed by atoms with Crippen LogP contribution in [0, 0.1) is 0 Å². The number of hydrogen-bond donors (Lipinski definition) is 0. The summed E-state index contributed by atoms with van der Waals surface area (Å²) in [6.45, 7) is 6.61. The minimum atomic E-state index is -0.784. The molecule has 0 heterocycles. The molecule has 0 aliphatic carbocycles. The standard InChI is InChI=1S/C74H134O6/c1-4-7-10-13-16-19-22-25-27-29-31-33-35-36-37-39-40-42-44-46-49-52-55-58-61-64-67-73(76)79-70-71(69-78-72(75)66-63-60-57-54-51-48-24-21-18-15-12-9-6-3)80-74(77)68-65-62-59-56-53-50-47-45-43-41-38-34-32-30-28-26-23-20-17-14-11-8-5-2/h12,15,21,23-24,26,30,32,38,41,71H,4-11,13-14,16-20,22,25,27-29,31,33-37,39-40,42-70H2,1-3H3/b15-12-,24-21-,26-23-,32-30-,41-38-. The van der Waals surface area contributed by atoms with Gasteiger partial charge in [0.05, 0.1) is 0 Å². The predicted octanol–water partition coefficient (Wildman–Crippen LogP) is 24.3. The van der Waals surface area contributed by atoms with Crippen LogP contribution in [0.1, 0.15) is 374 Å². The summed E-state index contributed by atoms with van der Waals surface area (Å²) < 4.78 is 17.0. The fourth-order valence-electron chi connectivity index (χ4n) is 10.4. The first-order valence-electron chi connectivity index (χ1n) is 35.3. The van der Waals surface area contributed by atoms with Gasteiger partial charge in [0.2, 0.25) is 0 Å². The number of ether oxygens (including phenoxy) is 3. The zero-order valence-electron chi connectivity index (χ0n) is 53.6. The van der Waals surface area contributed by atoms with Crippen LogP contribution in [0.3, 0.4) is 0 Å². The van der Waals surface area contributed by atoms with Crippen molar-refractivity contribution in [1.29, 1.82) is 0 Å². The van der Waals surface area contributed by atoms with Crippen LogP contribution in [0.25, 0.3) is 0 Å². The highest BCUT2D eigenvalue weighted by Crippen LogP contribution is 2.18. The molecular formula is C74H134O6. The van der Waals surface area contributed by atoms with E-state index in [9.17, 15) is 14.4 Å². The van der Waals surface area contributed by atoms with Crippen LogP contribution >= 0.6 is 0 Å². The van der Waals surface area contributed by atoms with Gasteiger partial charge in [0.1, 0.15) is 13.2 Å². The van der Waals surface area contributed by atoms with Crippen molar-refractivity contribution in [3.63, 3.8) is 0 Å². The number of rotatable bonds is 65. The summed E-state index contributed by atoms with van der Waals surface area (Å²) in [4.78, 5) is 38.4. The Balaban J connectivity index is 4.26. The average Bonchev–Trinajstić information content (AvgIpc) is 3.46. The molecule has 1 atom stereocenters. The molecule has 0 aromatic carbocycles. The topological polar surface area (TPSA) is 78.9 Å². The second-order valence-electron chi connectivity index (χ2n) is 23.8. The quantitative estimate of drug-likeness (QED) is 0.0261. The van der Waals surface area contributed by atoms with Crippen molar-refractivity contribution in [2.75, 3.05) is 13.2 Å². The Hall–Kier alpha value is -2.89. The highest BCUT2D eigenvalue weighted by Gasteiger charge is 2.19. The maximum Gasteiger partial charge on any atom is 0.306 e. The molecule has 0 N–H and O–H groups in total. The fraction of sp³-hybridized carbons (Fsp3) is 0.824. The third-order valence-corrected chi connectivity index (χ3v) is 15.7. The molecule has 0 spiro atoms. The number of allylic oxidation sites excluding steroid dienone is 10. The van der Waals surface area contributed by atoms with Gasteiger partial charge in [-0.3, -0.25) is 14.4 Å². The molecule has 6 nitrogen and oxygen atoms in total. The largest absolute Gasteiger partial charge is 0.462 e. The molecule has 0 radical (unpaired) electrons. The average molecular weight is 1120 g/mol. The van der Waals surface area contributed by atoms with E-state index < -0.39 is 6.10 Å². The molecule has 80 heavy (non-hydrogen) atoms. The Labute approximate surface area is 498 Å². The van der Waals surface area contributed by atoms with Crippen molar-refractivity contribution in [2.45, 2.75) is 380 Å². The van der Waals surface area contributed by atoms with Crippen LogP contribution in [-0.4, -0.2) is 37.2 Å². The van der Waals surface area contributed by atoms with E-state index >= 15 is 0 Å². The van der Waals surface area contributed by atoms with Crippen molar-refractivity contribution in [3.05, 3.63) is 60.8 Å². The molecule has 0 aromatic rings. The van der Waals surface area contributed by atoms with Crippen molar-refractivity contribution in [1.82, 2.24) is 0 Å². The molecular weight excluding hydrogens is 985 g/mol. The summed E-state index contributed by atoms with van der Waals surface area (Å²) in [6.07, 6.45) is 88.2. The van der Waals surface area contributed by atoms with Gasteiger partial charge in [-0.05, 0) is 83.5 Å². The number of carbonyl (C=O) groups is 3. The van der Waals surface area contributed by atoms with Gasteiger partial charge in [0, 0.05) is 19.3 Å². The summed E-state index contributed by atoms with van der Waals surface area (Å²) in [5.74, 6) is -0.879. The minimum absolute atomic E-state index is 0.0785. The predicted molar refractivity (Wildman–Crippen MR) is 348 cm³/mol. The molecule has 0 fully saturated rings. The lowest BCUT2D eigenvalue weighted by atomic mass is 10.0. The number of unbranched alkanes of at least 4 members (excludes halogenated alkanes) is 44. The van der Waals surface area contributed by atoms with Gasteiger partial charge in [0.15, 0.2) is 6.10 Å². The van der Waals surface area contributed by atoms with Gasteiger partial charge in [-0.25, -0.2) is 0 Å². The highest BCUT2D eigenvalue weighted by atomic mass is 16.6. The van der Waals surface area contributed by atoms with Crippen LogP contribution < -0.4 is 0 Å². The minimum Gasteiger partial charge on any atom is -0.462 e. The first-order chi connectivity index (χ1) is 39.5. The van der Waals surface area contributed by atoms with E-state index in [0.29, 0.717) is 19.3 Å². The SMILES string of the molecule is CCC/C=C\C/C=C\CCCCCCCC(=O)OCC(COC(=O)CCCCCCCCCCCCCCCCCCCCCCCCCCCC)OC(=O)CCCCCCCCCC/C=C\C/C=C\C/C=C\CCCCCCC. The van der Waals surface area contributed by atoms with E-state index in [1.807, 2.05) is 0 Å². The molecule has 6 heteroatoms. The monoisotopic (exact) mass is 1120 g/mol. The maximum absolute atomic E-state index is 12.9. The van der Waals surface area contributed by atoms with Crippen LogP contribution in [0.2, 0.25) is 0 Å². The second-order valence-corrected chi connectivity index (χ2v) is 23.8. The van der Waals surface area contributed by atoms with Crippen molar-refractivity contribution < 1.29 is 28.6 Å². The molecule has 0 saturated heterocycles. The summed E-state index contributed by atoms with van der Waals surface area (Å²) in [5, 5.41) is 0. The van der Waals surface area contributed by atoms with Gasteiger partial charge in [0.25, 0.3) is 0 Å². The molecule has 0 rings (SSSR count). The Bertz CT molecular complexity index is 1430. The maximum atomic E-state index is 12.9. The van der Waals surface area contributed by atoms with Gasteiger partial charge in [-0.1, -0.05) is 332 Å². The van der Waals surface area contributed by atoms with Gasteiger partial charge in [-0.2, -0.15) is 0 Å². The Morgan fingerprint density at radius 2 is 0.475 bits per heavy atom. The van der Waals surface area contributed by atoms with E-state index in [0.717, 1.165) is 103 Å². The first kappa shape index (κ1) is 77.1. The van der Waals surface area contributed by atoms with E-state index in [4.69, 9.17) is 14.2 Å². The molecule has 0 aliphatic rings. The summed E-state index contributed by atoms with van der Waals surface area (Å²) in [7, 11) is 0. The smallest absolute Gasteiger partial charge is 0.306 e. The third-order valence-electron chi connectivity index (χ3n) is 15.7. The van der Waals surface area contributed by atoms with Gasteiger partial charge in [-0.15, -0.1) is 0 Å². The molecule has 0 saturated carbocycles. The first-order valence-corrected chi connectivity index (χ1v) is 35.3.